The number of anilines is 2. The highest BCUT2D eigenvalue weighted by atomic mass is 35.5. The summed E-state index contributed by atoms with van der Waals surface area (Å²) in [6, 6.07) is 7.00. The molecule has 0 aliphatic carbocycles. The van der Waals surface area contributed by atoms with Gasteiger partial charge < -0.3 is 19.9 Å². The van der Waals surface area contributed by atoms with Crippen LogP contribution in [0.4, 0.5) is 11.5 Å². The minimum Gasteiger partial charge on any atom is -0.495 e. The summed E-state index contributed by atoms with van der Waals surface area (Å²) in [7, 11) is 1.57. The zero-order chi connectivity index (χ0) is 19.4. The van der Waals surface area contributed by atoms with Crippen molar-refractivity contribution >= 4 is 35.4 Å². The fourth-order valence-corrected chi connectivity index (χ4v) is 3.07. The van der Waals surface area contributed by atoms with Gasteiger partial charge in [-0.3, -0.25) is 9.59 Å². The van der Waals surface area contributed by atoms with Crippen molar-refractivity contribution in [2.45, 2.75) is 6.92 Å². The van der Waals surface area contributed by atoms with Crippen molar-refractivity contribution < 1.29 is 14.3 Å². The summed E-state index contributed by atoms with van der Waals surface area (Å²) in [5.74, 6) is 1.05. The van der Waals surface area contributed by atoms with Crippen LogP contribution in [-0.2, 0) is 4.79 Å². The van der Waals surface area contributed by atoms with Crippen LogP contribution >= 0.6 is 11.6 Å². The van der Waals surface area contributed by atoms with Gasteiger partial charge in [-0.05, 0) is 30.7 Å². The lowest BCUT2D eigenvalue weighted by Crippen LogP contribution is -2.48. The Balaban J connectivity index is 1.77. The summed E-state index contributed by atoms with van der Waals surface area (Å²) in [6.45, 7) is 4.04. The molecule has 1 saturated heterocycles. The van der Waals surface area contributed by atoms with Gasteiger partial charge in [0, 0.05) is 49.0 Å². The van der Waals surface area contributed by atoms with Gasteiger partial charge in [0.25, 0.3) is 5.91 Å². The zero-order valence-electron chi connectivity index (χ0n) is 15.2. The van der Waals surface area contributed by atoms with Crippen LogP contribution in [0, 0.1) is 6.92 Å². The summed E-state index contributed by atoms with van der Waals surface area (Å²) in [5.41, 5.74) is 2.16. The van der Waals surface area contributed by atoms with Crippen molar-refractivity contribution in [2.75, 3.05) is 38.6 Å². The van der Waals surface area contributed by atoms with Gasteiger partial charge in [0.1, 0.15) is 11.6 Å². The Kier molecular flexibility index (Phi) is 5.81. The monoisotopic (exact) mass is 388 g/mol. The molecular formula is C19H21ClN4O3. The lowest BCUT2D eigenvalue weighted by atomic mass is 10.2. The summed E-state index contributed by atoms with van der Waals surface area (Å²) >= 11 is 6.14. The molecule has 1 aromatic heterocycles. The van der Waals surface area contributed by atoms with Crippen LogP contribution in [0.25, 0.3) is 0 Å². The number of ether oxygens (including phenoxy) is 1. The van der Waals surface area contributed by atoms with Crippen LogP contribution in [0.1, 0.15) is 15.9 Å². The third-order valence-electron chi connectivity index (χ3n) is 4.50. The normalized spacial score (nSPS) is 14.0. The zero-order valence-corrected chi connectivity index (χ0v) is 16.0. The number of aromatic nitrogens is 1. The van der Waals surface area contributed by atoms with Gasteiger partial charge in [-0.25, -0.2) is 4.98 Å². The second-order valence-electron chi connectivity index (χ2n) is 6.29. The minimum atomic E-state index is -0.0785. The van der Waals surface area contributed by atoms with E-state index in [9.17, 15) is 9.59 Å². The number of rotatable bonds is 5. The van der Waals surface area contributed by atoms with Gasteiger partial charge in [-0.1, -0.05) is 11.6 Å². The predicted molar refractivity (Wildman–Crippen MR) is 104 cm³/mol. The van der Waals surface area contributed by atoms with Crippen LogP contribution in [0.2, 0.25) is 5.02 Å². The van der Waals surface area contributed by atoms with E-state index in [4.69, 9.17) is 16.3 Å². The highest BCUT2D eigenvalue weighted by molar-refractivity contribution is 6.31. The quantitative estimate of drug-likeness (QED) is 0.797. The molecule has 142 valence electrons. The van der Waals surface area contributed by atoms with Crippen molar-refractivity contribution in [3.05, 3.63) is 46.6 Å². The Labute approximate surface area is 162 Å². The Morgan fingerprint density at radius 1 is 1.26 bits per heavy atom. The number of benzene rings is 1. The maximum Gasteiger partial charge on any atom is 0.254 e. The van der Waals surface area contributed by atoms with Crippen molar-refractivity contribution in [3.63, 3.8) is 0 Å². The number of amides is 2. The first-order chi connectivity index (χ1) is 13.0. The molecule has 1 aliphatic rings. The van der Waals surface area contributed by atoms with Gasteiger partial charge in [0.2, 0.25) is 6.41 Å². The molecule has 1 N–H and O–H groups in total. The van der Waals surface area contributed by atoms with Crippen molar-refractivity contribution in [1.29, 1.82) is 0 Å². The molecule has 0 saturated carbocycles. The fourth-order valence-electron chi connectivity index (χ4n) is 2.91. The average Bonchev–Trinajstić information content (AvgIpc) is 2.70. The fraction of sp³-hybridized carbons (Fsp3) is 0.316. The molecule has 1 fully saturated rings. The molecule has 1 aliphatic heterocycles. The SMILES string of the molecule is COc1cc(Cl)c(C)cc1Nc1cc(C(=O)N2CCN(C=O)CC2)ccn1. The Morgan fingerprint density at radius 2 is 2.00 bits per heavy atom. The van der Waals surface area contributed by atoms with Crippen LogP contribution in [0.15, 0.2) is 30.5 Å². The standard InChI is InChI=1S/C19H21ClN4O3/c1-13-9-16(17(27-2)11-15(13)20)22-18-10-14(3-4-21-18)19(26)24-7-5-23(12-25)6-8-24/h3-4,9-12H,5-8H2,1-2H3,(H,21,22). The van der Waals surface area contributed by atoms with Gasteiger partial charge in [-0.2, -0.15) is 0 Å². The number of nitrogens with zero attached hydrogens (tertiary/aromatic N) is 3. The number of methoxy groups -OCH3 is 1. The van der Waals surface area contributed by atoms with Crippen molar-refractivity contribution in [1.82, 2.24) is 14.8 Å². The van der Waals surface area contributed by atoms with E-state index in [2.05, 4.69) is 10.3 Å². The molecule has 0 atom stereocenters. The molecule has 8 heteroatoms. The molecule has 2 aromatic rings. The largest absolute Gasteiger partial charge is 0.495 e. The average molecular weight is 389 g/mol. The predicted octanol–water partition coefficient (Wildman–Crippen LogP) is 2.71. The van der Waals surface area contributed by atoms with E-state index in [1.807, 2.05) is 13.0 Å². The summed E-state index contributed by atoms with van der Waals surface area (Å²) in [5, 5.41) is 3.80. The number of carbonyl (C=O) groups is 2. The smallest absolute Gasteiger partial charge is 0.254 e. The second kappa shape index (κ2) is 8.26. The molecule has 0 bridgehead atoms. The Bertz CT molecular complexity index is 851. The second-order valence-corrected chi connectivity index (χ2v) is 6.70. The molecular weight excluding hydrogens is 368 g/mol. The molecule has 1 aromatic carbocycles. The third kappa shape index (κ3) is 4.31. The number of hydrogen-bond acceptors (Lipinski definition) is 5. The van der Waals surface area contributed by atoms with Crippen molar-refractivity contribution in [3.8, 4) is 5.75 Å². The molecule has 2 amide bonds. The number of halogens is 1. The molecule has 2 heterocycles. The lowest BCUT2D eigenvalue weighted by molar-refractivity contribution is -0.119. The third-order valence-corrected chi connectivity index (χ3v) is 4.91. The van der Waals surface area contributed by atoms with E-state index < -0.39 is 0 Å². The molecule has 7 nitrogen and oxygen atoms in total. The first kappa shape index (κ1) is 19.0. The van der Waals surface area contributed by atoms with Crippen LogP contribution in [-0.4, -0.2) is 60.4 Å². The van der Waals surface area contributed by atoms with E-state index in [0.717, 1.165) is 17.7 Å². The van der Waals surface area contributed by atoms with Crippen LogP contribution in [0.3, 0.4) is 0 Å². The summed E-state index contributed by atoms with van der Waals surface area (Å²) in [6.07, 6.45) is 2.41. The van der Waals surface area contributed by atoms with E-state index in [-0.39, 0.29) is 5.91 Å². The minimum absolute atomic E-state index is 0.0785. The molecule has 0 unspecified atom stereocenters. The van der Waals surface area contributed by atoms with Gasteiger partial charge in [0.15, 0.2) is 0 Å². The molecule has 0 radical (unpaired) electrons. The molecule has 3 rings (SSSR count). The van der Waals surface area contributed by atoms with E-state index >= 15 is 0 Å². The van der Waals surface area contributed by atoms with Crippen LogP contribution < -0.4 is 10.1 Å². The Hall–Kier alpha value is -2.80. The number of aryl methyl sites for hydroxylation is 1. The maximum atomic E-state index is 12.7. The van der Waals surface area contributed by atoms with Crippen molar-refractivity contribution in [2.24, 2.45) is 0 Å². The Morgan fingerprint density at radius 3 is 2.67 bits per heavy atom. The maximum absolute atomic E-state index is 12.7. The highest BCUT2D eigenvalue weighted by Gasteiger charge is 2.21. The summed E-state index contributed by atoms with van der Waals surface area (Å²) in [4.78, 5) is 31.2. The van der Waals surface area contributed by atoms with Crippen LogP contribution in [0.5, 0.6) is 5.75 Å². The first-order valence-corrected chi connectivity index (χ1v) is 8.95. The number of piperazine rings is 1. The van der Waals surface area contributed by atoms with Gasteiger partial charge >= 0.3 is 0 Å². The summed E-state index contributed by atoms with van der Waals surface area (Å²) < 4.78 is 5.36. The number of hydrogen-bond donors (Lipinski definition) is 1. The first-order valence-electron chi connectivity index (χ1n) is 8.57. The number of nitrogens with one attached hydrogen (secondary N) is 1. The van der Waals surface area contributed by atoms with E-state index in [1.165, 1.54) is 0 Å². The number of carbonyl (C=O) groups excluding carboxylic acids is 2. The number of pyridine rings is 1. The van der Waals surface area contributed by atoms with E-state index in [1.54, 1.807) is 41.3 Å². The topological polar surface area (TPSA) is 74.8 Å². The van der Waals surface area contributed by atoms with Gasteiger partial charge in [0.05, 0.1) is 12.8 Å². The van der Waals surface area contributed by atoms with E-state index in [0.29, 0.717) is 48.3 Å². The highest BCUT2D eigenvalue weighted by Crippen LogP contribution is 2.32. The molecule has 27 heavy (non-hydrogen) atoms. The lowest BCUT2D eigenvalue weighted by Gasteiger charge is -2.32. The van der Waals surface area contributed by atoms with Gasteiger partial charge in [-0.15, -0.1) is 0 Å². The molecule has 0 spiro atoms.